The average molecular weight is 474 g/mol. The van der Waals surface area contributed by atoms with Crippen molar-refractivity contribution in [3.8, 4) is 11.3 Å². The Kier molecular flexibility index (Phi) is 6.83. The molecule has 0 saturated heterocycles. The van der Waals surface area contributed by atoms with Crippen LogP contribution < -0.4 is 10.2 Å². The molecule has 3 heterocycles. The first-order chi connectivity index (χ1) is 15.8. The van der Waals surface area contributed by atoms with Crippen molar-refractivity contribution in [2.45, 2.75) is 25.4 Å². The number of thiol groups is 1. The number of fused-ring (bicyclic) bond motifs is 1. The van der Waals surface area contributed by atoms with Gasteiger partial charge in [0.15, 0.2) is 0 Å². The van der Waals surface area contributed by atoms with E-state index in [9.17, 15) is 18.0 Å². The highest BCUT2D eigenvalue weighted by Gasteiger charge is 2.31. The summed E-state index contributed by atoms with van der Waals surface area (Å²) in [6.07, 6.45) is 0.755. The van der Waals surface area contributed by atoms with Crippen molar-refractivity contribution in [2.24, 2.45) is 5.92 Å². The van der Waals surface area contributed by atoms with Crippen LogP contribution in [0.5, 0.6) is 0 Å². The second-order valence-corrected chi connectivity index (χ2v) is 8.25. The molecule has 0 fully saturated rings. The number of benzene rings is 1. The zero-order valence-electron chi connectivity index (χ0n) is 17.6. The zero-order chi connectivity index (χ0) is 23.4. The number of nitrogens with zero attached hydrogens (tertiary/aromatic N) is 4. The normalized spacial score (nSPS) is 16.1. The summed E-state index contributed by atoms with van der Waals surface area (Å²) in [5.74, 6) is 1.84. The standard InChI is InChI=1S/C23H22F3N5OS/c24-23(25,26)18-3-1-2-16(13-18)19-5-4-17-12-15(8-11-33)7-10-31(21(17)29-19)22(32)30-20-6-9-27-14-28-20/h1-6,9,13-15,33H,7-8,10-12H2,(H,27,28,30,32). The lowest BCUT2D eigenvalue weighted by molar-refractivity contribution is -0.137. The molecule has 0 aliphatic carbocycles. The fourth-order valence-corrected chi connectivity index (χ4v) is 4.25. The zero-order valence-corrected chi connectivity index (χ0v) is 18.5. The molecular weight excluding hydrogens is 451 g/mol. The first-order valence-electron chi connectivity index (χ1n) is 10.5. The maximum Gasteiger partial charge on any atom is 0.416 e. The Morgan fingerprint density at radius 3 is 2.79 bits per heavy atom. The Bertz CT molecular complexity index is 1130. The Morgan fingerprint density at radius 1 is 1.21 bits per heavy atom. The maximum absolute atomic E-state index is 13.2. The predicted molar refractivity (Wildman–Crippen MR) is 123 cm³/mol. The van der Waals surface area contributed by atoms with E-state index in [4.69, 9.17) is 0 Å². The summed E-state index contributed by atoms with van der Waals surface area (Å²) in [6, 6.07) is 9.75. The van der Waals surface area contributed by atoms with Gasteiger partial charge in [0.25, 0.3) is 0 Å². The van der Waals surface area contributed by atoms with E-state index < -0.39 is 17.8 Å². The highest BCUT2D eigenvalue weighted by molar-refractivity contribution is 7.80. The Balaban J connectivity index is 1.72. The molecule has 10 heteroatoms. The van der Waals surface area contributed by atoms with Gasteiger partial charge in [0.05, 0.1) is 11.3 Å². The van der Waals surface area contributed by atoms with Crippen LogP contribution in [0.4, 0.5) is 29.6 Å². The van der Waals surface area contributed by atoms with Crippen LogP contribution in [-0.2, 0) is 12.6 Å². The number of halogens is 3. The summed E-state index contributed by atoms with van der Waals surface area (Å²) in [4.78, 5) is 27.2. The molecule has 2 amide bonds. The Labute approximate surface area is 194 Å². The summed E-state index contributed by atoms with van der Waals surface area (Å²) >= 11 is 4.35. The molecule has 3 aromatic rings. The molecule has 1 N–H and O–H groups in total. The lowest BCUT2D eigenvalue weighted by Gasteiger charge is -2.22. The molecule has 0 bridgehead atoms. The van der Waals surface area contributed by atoms with E-state index in [-0.39, 0.29) is 0 Å². The van der Waals surface area contributed by atoms with Crippen LogP contribution in [0, 0.1) is 5.92 Å². The molecule has 0 saturated carbocycles. The second kappa shape index (κ2) is 9.78. The molecule has 1 aliphatic rings. The third kappa shape index (κ3) is 5.44. The van der Waals surface area contributed by atoms with Crippen LogP contribution in [-0.4, -0.2) is 33.3 Å². The largest absolute Gasteiger partial charge is 0.416 e. The Morgan fingerprint density at radius 2 is 2.06 bits per heavy atom. The van der Waals surface area contributed by atoms with E-state index in [2.05, 4.69) is 32.9 Å². The van der Waals surface area contributed by atoms with Gasteiger partial charge in [-0.3, -0.25) is 10.2 Å². The summed E-state index contributed by atoms with van der Waals surface area (Å²) in [6.45, 7) is 0.418. The molecule has 33 heavy (non-hydrogen) atoms. The number of urea groups is 1. The summed E-state index contributed by atoms with van der Waals surface area (Å²) in [5.41, 5.74) is 0.823. The number of aromatic nitrogens is 3. The van der Waals surface area contributed by atoms with Crippen molar-refractivity contribution in [1.82, 2.24) is 15.0 Å². The minimum atomic E-state index is -4.45. The fourth-order valence-electron chi connectivity index (χ4n) is 3.88. The highest BCUT2D eigenvalue weighted by Crippen LogP contribution is 2.34. The quantitative estimate of drug-likeness (QED) is 0.493. The van der Waals surface area contributed by atoms with Crippen molar-refractivity contribution < 1.29 is 18.0 Å². The van der Waals surface area contributed by atoms with Crippen LogP contribution in [0.2, 0.25) is 0 Å². The van der Waals surface area contributed by atoms with Gasteiger partial charge >= 0.3 is 12.2 Å². The summed E-state index contributed by atoms with van der Waals surface area (Å²) < 4.78 is 39.6. The summed E-state index contributed by atoms with van der Waals surface area (Å²) in [5, 5.41) is 2.75. The number of rotatable bonds is 4. The van der Waals surface area contributed by atoms with E-state index in [1.54, 1.807) is 18.2 Å². The van der Waals surface area contributed by atoms with Crippen molar-refractivity contribution >= 4 is 30.3 Å². The lowest BCUT2D eigenvalue weighted by atomic mass is 9.95. The number of anilines is 2. The maximum atomic E-state index is 13.2. The second-order valence-electron chi connectivity index (χ2n) is 7.81. The predicted octanol–water partition coefficient (Wildman–Crippen LogP) is 5.48. The van der Waals surface area contributed by atoms with Gasteiger partial charge in [-0.2, -0.15) is 25.8 Å². The van der Waals surface area contributed by atoms with E-state index in [0.717, 1.165) is 36.3 Å². The van der Waals surface area contributed by atoms with Crippen molar-refractivity contribution in [3.05, 3.63) is 66.1 Å². The SMILES string of the molecule is O=C(Nc1ccncn1)N1CCC(CCS)Cc2ccc(-c3cccc(C(F)(F)F)c3)nc21. The molecule has 4 rings (SSSR count). The number of hydrogen-bond donors (Lipinski definition) is 2. The molecule has 0 spiro atoms. The number of pyridine rings is 1. The average Bonchev–Trinajstić information content (AvgIpc) is 2.98. The fraction of sp³-hybridized carbons (Fsp3) is 0.304. The van der Waals surface area contributed by atoms with Gasteiger partial charge in [-0.15, -0.1) is 0 Å². The van der Waals surface area contributed by atoms with Gasteiger partial charge in [-0.1, -0.05) is 18.2 Å². The molecule has 1 aromatic carbocycles. The molecule has 6 nitrogen and oxygen atoms in total. The van der Waals surface area contributed by atoms with E-state index >= 15 is 0 Å². The van der Waals surface area contributed by atoms with E-state index in [1.165, 1.54) is 23.5 Å². The lowest BCUT2D eigenvalue weighted by Crippen LogP contribution is -2.37. The molecule has 1 aliphatic heterocycles. The van der Waals surface area contributed by atoms with Gasteiger partial charge in [-0.25, -0.2) is 19.7 Å². The minimum absolute atomic E-state index is 0.319. The minimum Gasteiger partial charge on any atom is -0.292 e. The van der Waals surface area contributed by atoms with Crippen LogP contribution in [0.3, 0.4) is 0 Å². The van der Waals surface area contributed by atoms with Crippen molar-refractivity contribution in [3.63, 3.8) is 0 Å². The number of amides is 2. The van der Waals surface area contributed by atoms with E-state index in [1.807, 2.05) is 6.07 Å². The molecule has 0 radical (unpaired) electrons. The van der Waals surface area contributed by atoms with Crippen LogP contribution in [0.15, 0.2) is 55.0 Å². The molecule has 2 aromatic heterocycles. The molecule has 1 unspecified atom stereocenters. The monoisotopic (exact) mass is 473 g/mol. The first-order valence-corrected chi connectivity index (χ1v) is 11.1. The van der Waals surface area contributed by atoms with Gasteiger partial charge in [0.2, 0.25) is 0 Å². The van der Waals surface area contributed by atoms with Crippen LogP contribution in [0.25, 0.3) is 11.3 Å². The molecular formula is C23H22F3N5OS. The summed E-state index contributed by atoms with van der Waals surface area (Å²) in [7, 11) is 0. The molecule has 1 atom stereocenters. The van der Waals surface area contributed by atoms with Gasteiger partial charge in [-0.05, 0) is 60.8 Å². The van der Waals surface area contributed by atoms with Gasteiger partial charge < -0.3 is 0 Å². The van der Waals surface area contributed by atoms with Gasteiger partial charge in [0.1, 0.15) is 18.0 Å². The number of nitrogens with one attached hydrogen (secondary N) is 1. The number of carbonyl (C=O) groups excluding carboxylic acids is 1. The molecule has 172 valence electrons. The van der Waals surface area contributed by atoms with Crippen molar-refractivity contribution in [1.29, 1.82) is 0 Å². The third-order valence-corrected chi connectivity index (χ3v) is 5.82. The highest BCUT2D eigenvalue weighted by atomic mass is 32.1. The smallest absolute Gasteiger partial charge is 0.292 e. The third-order valence-electron chi connectivity index (χ3n) is 5.57. The van der Waals surface area contributed by atoms with E-state index in [0.29, 0.717) is 41.8 Å². The number of alkyl halides is 3. The van der Waals surface area contributed by atoms with Crippen LogP contribution in [0.1, 0.15) is 24.0 Å². The number of carbonyl (C=O) groups is 1. The Hall–Kier alpha value is -3.14. The first kappa shape index (κ1) is 23.0. The topological polar surface area (TPSA) is 71.0 Å². The van der Waals surface area contributed by atoms with Gasteiger partial charge in [0, 0.05) is 18.3 Å². The van der Waals surface area contributed by atoms with Crippen molar-refractivity contribution in [2.75, 3.05) is 22.5 Å². The number of hydrogen-bond acceptors (Lipinski definition) is 5. The van der Waals surface area contributed by atoms with Crippen LogP contribution >= 0.6 is 12.6 Å².